The number of nitrogens with zero attached hydrogens (tertiary/aromatic N) is 1. The maximum absolute atomic E-state index is 13.4. The zero-order chi connectivity index (χ0) is 24.2. The molecular formula is C28H27Cl2FN2O. The first-order chi connectivity index (χ1) is 16.3. The fourth-order valence-electron chi connectivity index (χ4n) is 4.18. The number of benzene rings is 3. The molecule has 0 saturated heterocycles. The van der Waals surface area contributed by atoms with Gasteiger partial charge >= 0.3 is 0 Å². The molecule has 0 aliphatic carbocycles. The smallest absolute Gasteiger partial charge is 0.220 e. The number of aromatic nitrogens is 1. The summed E-state index contributed by atoms with van der Waals surface area (Å²) in [6, 6.07) is 20.2. The van der Waals surface area contributed by atoms with Gasteiger partial charge < -0.3 is 9.88 Å². The summed E-state index contributed by atoms with van der Waals surface area (Å²) in [5, 5.41) is 5.04. The molecular weight excluding hydrogens is 470 g/mol. The number of carbonyl (C=O) groups is 1. The van der Waals surface area contributed by atoms with Crippen LogP contribution in [-0.4, -0.2) is 17.0 Å². The molecule has 1 aromatic heterocycles. The van der Waals surface area contributed by atoms with Crippen molar-refractivity contribution in [1.82, 2.24) is 9.88 Å². The average Bonchev–Trinajstić information content (AvgIpc) is 3.17. The lowest BCUT2D eigenvalue weighted by Crippen LogP contribution is -2.28. The number of amides is 1. The summed E-state index contributed by atoms with van der Waals surface area (Å²) in [7, 11) is 0. The summed E-state index contributed by atoms with van der Waals surface area (Å²) in [4.78, 5) is 12.9. The van der Waals surface area contributed by atoms with E-state index in [1.54, 1.807) is 18.2 Å². The van der Waals surface area contributed by atoms with E-state index >= 15 is 0 Å². The summed E-state index contributed by atoms with van der Waals surface area (Å²) in [5.74, 6) is -0.111. The van der Waals surface area contributed by atoms with Crippen LogP contribution in [0.15, 0.2) is 72.9 Å². The molecule has 1 N–H and O–H groups in total. The van der Waals surface area contributed by atoms with Crippen LogP contribution >= 0.6 is 23.2 Å². The van der Waals surface area contributed by atoms with E-state index in [0.29, 0.717) is 29.1 Å². The van der Waals surface area contributed by atoms with E-state index in [1.807, 2.05) is 24.3 Å². The van der Waals surface area contributed by atoms with Crippen molar-refractivity contribution in [1.29, 1.82) is 0 Å². The van der Waals surface area contributed by atoms with Gasteiger partial charge in [-0.05, 0) is 52.9 Å². The van der Waals surface area contributed by atoms with Gasteiger partial charge in [0.25, 0.3) is 0 Å². The standard InChI is InChI=1S/C28H27Cl2FN2O/c1-18(2)15-32-28(34)14-23(20-9-12-25(29)26(30)13-20)24-17-33(27-6-4-3-5-22(24)27)16-19-7-10-21(31)11-8-19/h3-13,17-18,23H,14-16H2,1-2H3,(H,32,34). The molecule has 0 saturated carbocycles. The van der Waals surface area contributed by atoms with E-state index in [-0.39, 0.29) is 24.1 Å². The Labute approximate surface area is 209 Å². The Morgan fingerprint density at radius 2 is 1.74 bits per heavy atom. The van der Waals surface area contributed by atoms with Gasteiger partial charge in [0.1, 0.15) is 5.82 Å². The maximum atomic E-state index is 13.4. The minimum atomic E-state index is -0.256. The Morgan fingerprint density at radius 1 is 1.00 bits per heavy atom. The maximum Gasteiger partial charge on any atom is 0.220 e. The molecule has 0 spiro atoms. The molecule has 0 radical (unpaired) electrons. The zero-order valence-corrected chi connectivity index (χ0v) is 20.7. The lowest BCUT2D eigenvalue weighted by Gasteiger charge is -2.18. The summed E-state index contributed by atoms with van der Waals surface area (Å²) < 4.78 is 15.6. The number of hydrogen-bond acceptors (Lipinski definition) is 1. The van der Waals surface area contributed by atoms with Gasteiger partial charge in [-0.25, -0.2) is 4.39 Å². The molecule has 1 amide bonds. The van der Waals surface area contributed by atoms with Gasteiger partial charge in [0.05, 0.1) is 10.0 Å². The fraction of sp³-hybridized carbons (Fsp3) is 0.250. The predicted molar refractivity (Wildman–Crippen MR) is 138 cm³/mol. The second-order valence-corrected chi connectivity index (χ2v) is 9.80. The predicted octanol–water partition coefficient (Wildman–Crippen LogP) is 7.43. The number of halogens is 3. The molecule has 4 rings (SSSR count). The minimum Gasteiger partial charge on any atom is -0.356 e. The SMILES string of the molecule is CC(C)CNC(=O)CC(c1ccc(Cl)c(Cl)c1)c1cn(Cc2ccc(F)cc2)c2ccccc12. The topological polar surface area (TPSA) is 34.0 Å². The number of carbonyl (C=O) groups excluding carboxylic acids is 1. The van der Waals surface area contributed by atoms with E-state index in [1.165, 1.54) is 12.1 Å². The molecule has 1 heterocycles. The molecule has 0 bridgehead atoms. The van der Waals surface area contributed by atoms with Crippen LogP contribution in [0.5, 0.6) is 0 Å². The third-order valence-corrected chi connectivity index (χ3v) is 6.64. The Balaban J connectivity index is 1.77. The number of rotatable bonds is 8. The lowest BCUT2D eigenvalue weighted by atomic mass is 9.88. The minimum absolute atomic E-state index is 0.0138. The number of nitrogens with one attached hydrogen (secondary N) is 1. The highest BCUT2D eigenvalue weighted by Gasteiger charge is 2.23. The zero-order valence-electron chi connectivity index (χ0n) is 19.2. The fourth-order valence-corrected chi connectivity index (χ4v) is 4.49. The highest BCUT2D eigenvalue weighted by atomic mass is 35.5. The number of hydrogen-bond donors (Lipinski definition) is 1. The number of para-hydroxylation sites is 1. The molecule has 0 fully saturated rings. The van der Waals surface area contributed by atoms with Crippen LogP contribution in [0.3, 0.4) is 0 Å². The Morgan fingerprint density at radius 3 is 2.44 bits per heavy atom. The summed E-state index contributed by atoms with van der Waals surface area (Å²) in [6.07, 6.45) is 2.38. The molecule has 6 heteroatoms. The van der Waals surface area contributed by atoms with Crippen molar-refractivity contribution in [2.24, 2.45) is 5.92 Å². The summed E-state index contributed by atoms with van der Waals surface area (Å²) >= 11 is 12.5. The van der Waals surface area contributed by atoms with Crippen LogP contribution in [0.4, 0.5) is 4.39 Å². The molecule has 1 atom stereocenters. The van der Waals surface area contributed by atoms with Crippen molar-refractivity contribution in [3.63, 3.8) is 0 Å². The molecule has 0 aliphatic heterocycles. The first kappa shape index (κ1) is 24.3. The van der Waals surface area contributed by atoms with Crippen molar-refractivity contribution in [2.45, 2.75) is 32.7 Å². The molecule has 0 aliphatic rings. The second kappa shape index (κ2) is 10.6. The Bertz CT molecular complexity index is 1300. The first-order valence-corrected chi connectivity index (χ1v) is 12.1. The molecule has 3 nitrogen and oxygen atoms in total. The Kier molecular flexibility index (Phi) is 7.60. The normalized spacial score (nSPS) is 12.3. The first-order valence-electron chi connectivity index (χ1n) is 11.4. The third kappa shape index (κ3) is 5.63. The van der Waals surface area contributed by atoms with Crippen LogP contribution in [0, 0.1) is 11.7 Å². The van der Waals surface area contributed by atoms with E-state index in [2.05, 4.69) is 42.1 Å². The van der Waals surface area contributed by atoms with Gasteiger partial charge in [0.2, 0.25) is 5.91 Å². The quantitative estimate of drug-likeness (QED) is 0.270. The summed E-state index contributed by atoms with van der Waals surface area (Å²) in [6.45, 7) is 5.35. The van der Waals surface area contributed by atoms with Gasteiger partial charge in [0, 0.05) is 42.5 Å². The van der Waals surface area contributed by atoms with Crippen molar-refractivity contribution >= 4 is 40.0 Å². The van der Waals surface area contributed by atoms with Crippen LogP contribution in [0.1, 0.15) is 42.9 Å². The van der Waals surface area contributed by atoms with Crippen LogP contribution in [0.2, 0.25) is 10.0 Å². The van der Waals surface area contributed by atoms with E-state index in [4.69, 9.17) is 23.2 Å². The summed E-state index contributed by atoms with van der Waals surface area (Å²) in [5.41, 5.74) is 4.01. The van der Waals surface area contributed by atoms with Gasteiger partial charge in [-0.3, -0.25) is 4.79 Å². The highest BCUT2D eigenvalue weighted by molar-refractivity contribution is 6.42. The van der Waals surface area contributed by atoms with E-state index < -0.39 is 0 Å². The Hall–Kier alpha value is -2.82. The van der Waals surface area contributed by atoms with Crippen molar-refractivity contribution in [3.05, 3.63) is 105 Å². The largest absolute Gasteiger partial charge is 0.356 e. The van der Waals surface area contributed by atoms with E-state index in [0.717, 1.165) is 27.6 Å². The van der Waals surface area contributed by atoms with Crippen molar-refractivity contribution in [3.8, 4) is 0 Å². The van der Waals surface area contributed by atoms with E-state index in [9.17, 15) is 9.18 Å². The van der Waals surface area contributed by atoms with Gasteiger partial charge in [-0.2, -0.15) is 0 Å². The number of fused-ring (bicyclic) bond motifs is 1. The highest BCUT2D eigenvalue weighted by Crippen LogP contribution is 2.37. The average molecular weight is 497 g/mol. The van der Waals surface area contributed by atoms with Gasteiger partial charge in [0.15, 0.2) is 0 Å². The monoisotopic (exact) mass is 496 g/mol. The molecule has 4 aromatic rings. The lowest BCUT2D eigenvalue weighted by molar-refractivity contribution is -0.121. The van der Waals surface area contributed by atoms with Crippen molar-refractivity contribution in [2.75, 3.05) is 6.54 Å². The van der Waals surface area contributed by atoms with Gasteiger partial charge in [-0.1, -0.05) is 73.4 Å². The third-order valence-electron chi connectivity index (χ3n) is 5.90. The second-order valence-electron chi connectivity index (χ2n) is 8.98. The molecule has 176 valence electrons. The van der Waals surface area contributed by atoms with Crippen molar-refractivity contribution < 1.29 is 9.18 Å². The molecule has 3 aromatic carbocycles. The van der Waals surface area contributed by atoms with Crippen LogP contribution in [0.25, 0.3) is 10.9 Å². The van der Waals surface area contributed by atoms with Crippen LogP contribution in [-0.2, 0) is 11.3 Å². The van der Waals surface area contributed by atoms with Gasteiger partial charge in [-0.15, -0.1) is 0 Å². The molecule has 34 heavy (non-hydrogen) atoms. The van der Waals surface area contributed by atoms with Crippen LogP contribution < -0.4 is 5.32 Å². The molecule has 1 unspecified atom stereocenters.